The largest absolute Gasteiger partial charge is 0.493 e. The molecule has 6 nitrogen and oxygen atoms in total. The zero-order valence-electron chi connectivity index (χ0n) is 17.1. The minimum atomic E-state index is 0. The summed E-state index contributed by atoms with van der Waals surface area (Å²) in [5.74, 6) is 1.72. The molecule has 1 aliphatic rings. The Morgan fingerprint density at radius 2 is 2.04 bits per heavy atom. The molecule has 2 rings (SSSR count). The minimum absolute atomic E-state index is 0. The molecule has 1 fully saturated rings. The summed E-state index contributed by atoms with van der Waals surface area (Å²) in [6, 6.07) is 5.74. The van der Waals surface area contributed by atoms with Crippen LogP contribution in [0.25, 0.3) is 0 Å². The maximum absolute atomic E-state index is 6.08. The van der Waals surface area contributed by atoms with Crippen molar-refractivity contribution in [3.05, 3.63) is 28.8 Å². The first kappa shape index (κ1) is 25.3. The van der Waals surface area contributed by atoms with Crippen LogP contribution in [0.1, 0.15) is 31.7 Å². The van der Waals surface area contributed by atoms with E-state index in [0.29, 0.717) is 24.3 Å². The summed E-state index contributed by atoms with van der Waals surface area (Å²) >= 11 is 6.08. The van der Waals surface area contributed by atoms with Crippen molar-refractivity contribution in [3.8, 4) is 5.75 Å². The van der Waals surface area contributed by atoms with Gasteiger partial charge in [-0.3, -0.25) is 4.99 Å². The van der Waals surface area contributed by atoms with Gasteiger partial charge < -0.3 is 24.4 Å². The molecule has 0 saturated carbocycles. The first-order valence-electron chi connectivity index (χ1n) is 9.65. The third kappa shape index (κ3) is 8.31. The predicted octanol–water partition coefficient (Wildman–Crippen LogP) is 3.95. The Balaban J connectivity index is 0.00000392. The Bertz CT molecular complexity index is 596. The molecule has 1 saturated heterocycles. The Morgan fingerprint density at radius 3 is 2.68 bits per heavy atom. The van der Waals surface area contributed by atoms with E-state index in [2.05, 4.69) is 15.2 Å². The van der Waals surface area contributed by atoms with Gasteiger partial charge in [0.25, 0.3) is 0 Å². The number of aliphatic imine (C=N–C) groups is 1. The Morgan fingerprint density at radius 1 is 1.29 bits per heavy atom. The number of benzene rings is 1. The van der Waals surface area contributed by atoms with E-state index < -0.39 is 0 Å². The van der Waals surface area contributed by atoms with E-state index in [-0.39, 0.29) is 24.0 Å². The molecule has 0 aromatic heterocycles. The second kappa shape index (κ2) is 14.3. The van der Waals surface area contributed by atoms with Crippen LogP contribution in [0, 0.1) is 0 Å². The number of halogens is 2. The van der Waals surface area contributed by atoms with Gasteiger partial charge in [-0.1, -0.05) is 17.7 Å². The molecule has 1 aromatic carbocycles. The van der Waals surface area contributed by atoms with E-state index >= 15 is 0 Å². The lowest BCUT2D eigenvalue weighted by Gasteiger charge is -2.34. The van der Waals surface area contributed by atoms with Crippen LogP contribution in [0.2, 0.25) is 5.02 Å². The average molecular weight is 526 g/mol. The summed E-state index contributed by atoms with van der Waals surface area (Å²) in [4.78, 5) is 6.72. The highest BCUT2D eigenvalue weighted by Gasteiger charge is 2.22. The van der Waals surface area contributed by atoms with Gasteiger partial charge in [-0.2, -0.15) is 0 Å². The zero-order chi connectivity index (χ0) is 19.5. The van der Waals surface area contributed by atoms with E-state index in [1.54, 1.807) is 7.11 Å². The number of guanidine groups is 1. The van der Waals surface area contributed by atoms with E-state index in [0.717, 1.165) is 62.8 Å². The highest BCUT2D eigenvalue weighted by molar-refractivity contribution is 14.0. The summed E-state index contributed by atoms with van der Waals surface area (Å²) in [5, 5.41) is 4.12. The molecule has 1 N–H and O–H groups in total. The SMILES string of the molecule is CCOc1cc(Cl)ccc1CNC(=NC)N1CCC(OCCCOC)CC1.I. The third-order valence-electron chi connectivity index (χ3n) is 4.57. The zero-order valence-corrected chi connectivity index (χ0v) is 20.2. The highest BCUT2D eigenvalue weighted by Crippen LogP contribution is 2.23. The quantitative estimate of drug-likeness (QED) is 0.229. The number of likely N-dealkylation sites (tertiary alicyclic amines) is 1. The van der Waals surface area contributed by atoms with Gasteiger partial charge in [-0.15, -0.1) is 24.0 Å². The molecule has 28 heavy (non-hydrogen) atoms. The van der Waals surface area contributed by atoms with Gasteiger partial charge in [0.1, 0.15) is 5.75 Å². The molecular weight excluding hydrogens is 493 g/mol. The van der Waals surface area contributed by atoms with Gasteiger partial charge in [0.2, 0.25) is 0 Å². The van der Waals surface area contributed by atoms with Crippen molar-refractivity contribution in [3.63, 3.8) is 0 Å². The standard InChI is InChI=1S/C20H32ClN3O3.HI/c1-4-26-19-14-17(21)7-6-16(19)15-23-20(22-2)24-10-8-18(9-11-24)27-13-5-12-25-3;/h6-7,14,18H,4-5,8-13,15H2,1-3H3,(H,22,23);1H. The molecular formula is C20H33ClIN3O3. The second-order valence-corrected chi connectivity index (χ2v) is 6.93. The van der Waals surface area contributed by atoms with E-state index in [1.165, 1.54) is 0 Å². The minimum Gasteiger partial charge on any atom is -0.493 e. The van der Waals surface area contributed by atoms with Crippen LogP contribution >= 0.6 is 35.6 Å². The van der Waals surface area contributed by atoms with Crippen molar-refractivity contribution >= 4 is 41.5 Å². The Labute approximate surface area is 191 Å². The van der Waals surface area contributed by atoms with Gasteiger partial charge in [0.15, 0.2) is 5.96 Å². The monoisotopic (exact) mass is 525 g/mol. The number of ether oxygens (including phenoxy) is 3. The Hall–Kier alpha value is -0.770. The summed E-state index contributed by atoms with van der Waals surface area (Å²) < 4.78 is 16.7. The van der Waals surface area contributed by atoms with E-state index in [1.807, 2.05) is 32.2 Å². The molecule has 0 radical (unpaired) electrons. The molecule has 1 aliphatic heterocycles. The first-order valence-corrected chi connectivity index (χ1v) is 10.0. The van der Waals surface area contributed by atoms with Gasteiger partial charge in [-0.05, 0) is 38.3 Å². The summed E-state index contributed by atoms with van der Waals surface area (Å²) in [6.07, 6.45) is 3.30. The van der Waals surface area contributed by atoms with Crippen LogP contribution in [-0.4, -0.2) is 64.0 Å². The fourth-order valence-corrected chi connectivity index (χ4v) is 3.32. The van der Waals surface area contributed by atoms with Crippen molar-refractivity contribution in [1.82, 2.24) is 10.2 Å². The molecule has 0 unspecified atom stereocenters. The lowest BCUT2D eigenvalue weighted by molar-refractivity contribution is 0.00989. The fraction of sp³-hybridized carbons (Fsp3) is 0.650. The molecule has 0 amide bonds. The maximum Gasteiger partial charge on any atom is 0.193 e. The molecule has 1 heterocycles. The van der Waals surface area contributed by atoms with E-state index in [4.69, 9.17) is 25.8 Å². The number of piperidine rings is 1. The Kier molecular flexibility index (Phi) is 12.9. The second-order valence-electron chi connectivity index (χ2n) is 6.49. The first-order chi connectivity index (χ1) is 13.2. The molecule has 0 atom stereocenters. The van der Waals surface area contributed by atoms with Crippen molar-refractivity contribution in [2.45, 2.75) is 38.8 Å². The molecule has 1 aromatic rings. The predicted molar refractivity (Wildman–Crippen MR) is 125 cm³/mol. The molecule has 0 spiro atoms. The number of hydrogen-bond acceptors (Lipinski definition) is 4. The van der Waals surface area contributed by atoms with Crippen LogP contribution < -0.4 is 10.1 Å². The number of nitrogens with one attached hydrogen (secondary N) is 1. The summed E-state index contributed by atoms with van der Waals surface area (Å²) in [5.41, 5.74) is 1.07. The topological polar surface area (TPSA) is 55.3 Å². The van der Waals surface area contributed by atoms with Crippen molar-refractivity contribution in [1.29, 1.82) is 0 Å². The van der Waals surface area contributed by atoms with Crippen LogP contribution in [0.15, 0.2) is 23.2 Å². The average Bonchev–Trinajstić information content (AvgIpc) is 2.68. The van der Waals surface area contributed by atoms with Gasteiger partial charge >= 0.3 is 0 Å². The summed E-state index contributed by atoms with van der Waals surface area (Å²) in [7, 11) is 3.54. The molecule has 0 aliphatic carbocycles. The summed E-state index contributed by atoms with van der Waals surface area (Å²) in [6.45, 7) is 6.62. The maximum atomic E-state index is 6.08. The number of methoxy groups -OCH3 is 1. The van der Waals surface area contributed by atoms with Gasteiger partial charge in [-0.25, -0.2) is 0 Å². The lowest BCUT2D eigenvalue weighted by atomic mass is 10.1. The smallest absolute Gasteiger partial charge is 0.193 e. The number of hydrogen-bond donors (Lipinski definition) is 1. The highest BCUT2D eigenvalue weighted by atomic mass is 127. The van der Waals surface area contributed by atoms with Crippen LogP contribution in [0.3, 0.4) is 0 Å². The van der Waals surface area contributed by atoms with Crippen LogP contribution in [-0.2, 0) is 16.0 Å². The van der Waals surface area contributed by atoms with Crippen molar-refractivity contribution in [2.75, 3.05) is 47.1 Å². The van der Waals surface area contributed by atoms with Crippen LogP contribution in [0.4, 0.5) is 0 Å². The molecule has 8 heteroatoms. The number of rotatable bonds is 9. The number of nitrogens with zero attached hydrogens (tertiary/aromatic N) is 2. The molecule has 0 bridgehead atoms. The fourth-order valence-electron chi connectivity index (χ4n) is 3.16. The lowest BCUT2D eigenvalue weighted by Crippen LogP contribution is -2.46. The van der Waals surface area contributed by atoms with Crippen molar-refractivity contribution in [2.24, 2.45) is 4.99 Å². The van der Waals surface area contributed by atoms with Gasteiger partial charge in [0, 0.05) is 57.6 Å². The van der Waals surface area contributed by atoms with Crippen molar-refractivity contribution < 1.29 is 14.2 Å². The van der Waals surface area contributed by atoms with Gasteiger partial charge in [0.05, 0.1) is 12.7 Å². The third-order valence-corrected chi connectivity index (χ3v) is 4.80. The van der Waals surface area contributed by atoms with Crippen LogP contribution in [0.5, 0.6) is 5.75 Å². The normalized spacial score (nSPS) is 15.3. The van der Waals surface area contributed by atoms with E-state index in [9.17, 15) is 0 Å². The molecule has 160 valence electrons.